The van der Waals surface area contributed by atoms with E-state index in [-0.39, 0.29) is 24.6 Å². The maximum Gasteiger partial charge on any atom is 0.318 e. The Bertz CT molecular complexity index is 671. The summed E-state index contributed by atoms with van der Waals surface area (Å²) < 4.78 is 1.87. The van der Waals surface area contributed by atoms with Crippen molar-refractivity contribution in [2.24, 2.45) is 5.92 Å². The minimum Gasteiger partial charge on any atom is -0.394 e. The van der Waals surface area contributed by atoms with Crippen molar-refractivity contribution in [3.8, 4) is 0 Å². The summed E-state index contributed by atoms with van der Waals surface area (Å²) in [4.78, 5) is 14.3. The zero-order valence-electron chi connectivity index (χ0n) is 13.9. The van der Waals surface area contributed by atoms with Crippen molar-refractivity contribution in [3.05, 3.63) is 53.9 Å². The number of fused-ring (bicyclic) bond motifs is 1. The van der Waals surface area contributed by atoms with Crippen molar-refractivity contribution in [1.82, 2.24) is 20.0 Å². The second-order valence-corrected chi connectivity index (χ2v) is 6.36. The van der Waals surface area contributed by atoms with E-state index in [0.29, 0.717) is 13.1 Å². The van der Waals surface area contributed by atoms with Gasteiger partial charge in [0.1, 0.15) is 0 Å². The first-order valence-electron chi connectivity index (χ1n) is 8.39. The molecule has 2 amide bonds. The van der Waals surface area contributed by atoms with Gasteiger partial charge in [0.2, 0.25) is 0 Å². The van der Waals surface area contributed by atoms with Crippen LogP contribution in [0.2, 0.25) is 0 Å². The normalized spacial score (nSPS) is 18.1. The molecule has 24 heavy (non-hydrogen) atoms. The summed E-state index contributed by atoms with van der Waals surface area (Å²) in [6, 6.07) is 9.53. The Labute approximate surface area is 142 Å². The van der Waals surface area contributed by atoms with Gasteiger partial charge in [-0.05, 0) is 29.5 Å². The number of amides is 2. The highest BCUT2D eigenvalue weighted by Gasteiger charge is 2.30. The molecule has 0 saturated carbocycles. The third-order valence-electron chi connectivity index (χ3n) is 4.51. The molecule has 0 aliphatic carbocycles. The lowest BCUT2D eigenvalue weighted by atomic mass is 9.93. The topological polar surface area (TPSA) is 70.4 Å². The Balaban J connectivity index is 1.58. The predicted molar refractivity (Wildman–Crippen MR) is 91.5 cm³/mol. The van der Waals surface area contributed by atoms with Crippen LogP contribution in [0.15, 0.2) is 42.7 Å². The third kappa shape index (κ3) is 3.59. The van der Waals surface area contributed by atoms with E-state index < -0.39 is 0 Å². The Hall–Kier alpha value is -2.34. The lowest BCUT2D eigenvalue weighted by Crippen LogP contribution is -2.47. The van der Waals surface area contributed by atoms with Crippen molar-refractivity contribution in [3.63, 3.8) is 0 Å². The first-order valence-corrected chi connectivity index (χ1v) is 8.39. The molecule has 0 radical (unpaired) electrons. The minimum absolute atomic E-state index is 0.0622. The van der Waals surface area contributed by atoms with E-state index in [1.807, 2.05) is 35.1 Å². The molecule has 1 aromatic carbocycles. The molecular weight excluding hydrogens is 304 g/mol. The average Bonchev–Trinajstić information content (AvgIpc) is 3.11. The monoisotopic (exact) mass is 328 g/mol. The zero-order chi connectivity index (χ0) is 16.9. The van der Waals surface area contributed by atoms with Crippen molar-refractivity contribution >= 4 is 6.03 Å². The Morgan fingerprint density at radius 3 is 3.00 bits per heavy atom. The number of hydrogen-bond acceptors (Lipinski definition) is 3. The molecule has 2 atom stereocenters. The van der Waals surface area contributed by atoms with Gasteiger partial charge in [-0.2, -0.15) is 5.10 Å². The highest BCUT2D eigenvalue weighted by molar-refractivity contribution is 5.75. The third-order valence-corrected chi connectivity index (χ3v) is 4.51. The summed E-state index contributed by atoms with van der Waals surface area (Å²) in [5.74, 6) is 0.276. The van der Waals surface area contributed by atoms with E-state index >= 15 is 0 Å². The van der Waals surface area contributed by atoms with Gasteiger partial charge in [0.25, 0.3) is 0 Å². The first-order chi connectivity index (χ1) is 11.7. The molecule has 0 saturated heterocycles. The quantitative estimate of drug-likeness (QED) is 0.879. The molecule has 1 aromatic heterocycles. The second kappa shape index (κ2) is 7.49. The average molecular weight is 328 g/mol. The number of aliphatic hydroxyl groups is 1. The van der Waals surface area contributed by atoms with Crippen LogP contribution in [0.5, 0.6) is 0 Å². The van der Waals surface area contributed by atoms with Crippen molar-refractivity contribution in [1.29, 1.82) is 0 Å². The van der Waals surface area contributed by atoms with E-state index in [0.717, 1.165) is 18.5 Å². The number of carbonyl (C=O) groups excluding carboxylic acids is 1. The zero-order valence-corrected chi connectivity index (χ0v) is 13.9. The molecule has 2 aromatic rings. The van der Waals surface area contributed by atoms with Gasteiger partial charge in [-0.15, -0.1) is 0 Å². The number of aliphatic hydroxyl groups excluding tert-OH is 1. The lowest BCUT2D eigenvalue weighted by molar-refractivity contribution is 0.126. The summed E-state index contributed by atoms with van der Waals surface area (Å²) in [6.07, 6.45) is 4.49. The van der Waals surface area contributed by atoms with Gasteiger partial charge in [0.15, 0.2) is 0 Å². The van der Waals surface area contributed by atoms with E-state index in [2.05, 4.69) is 23.4 Å². The van der Waals surface area contributed by atoms with Crippen LogP contribution in [0.25, 0.3) is 0 Å². The Morgan fingerprint density at radius 1 is 1.42 bits per heavy atom. The molecule has 2 heterocycles. The van der Waals surface area contributed by atoms with Crippen molar-refractivity contribution in [2.75, 3.05) is 19.7 Å². The fourth-order valence-electron chi connectivity index (χ4n) is 3.25. The van der Waals surface area contributed by atoms with Crippen LogP contribution in [-0.2, 0) is 13.0 Å². The maximum absolute atomic E-state index is 12.6. The summed E-state index contributed by atoms with van der Waals surface area (Å²) in [7, 11) is 0. The number of nitrogens with zero attached hydrogens (tertiary/aromatic N) is 3. The standard InChI is InChI=1S/C18H24N4O2/c1-14(12-21-9-4-8-20-21)11-19-18(24)22-10-7-15-5-2-3-6-16(15)17(22)13-23/h2-6,8-9,14,17,23H,7,10-13H2,1H3,(H,19,24). The maximum atomic E-state index is 12.6. The predicted octanol–water partition coefficient (Wildman–Crippen LogP) is 1.82. The SMILES string of the molecule is CC(CNC(=O)N1CCc2ccccc2C1CO)Cn1cccn1. The molecule has 2 N–H and O–H groups in total. The first kappa shape index (κ1) is 16.5. The number of aromatic nitrogens is 2. The van der Waals surface area contributed by atoms with Crippen LogP contribution in [0.4, 0.5) is 4.79 Å². The van der Waals surface area contributed by atoms with Gasteiger partial charge in [0.05, 0.1) is 12.6 Å². The van der Waals surface area contributed by atoms with Crippen LogP contribution in [0.1, 0.15) is 24.1 Å². The number of benzene rings is 1. The molecule has 0 bridgehead atoms. The van der Waals surface area contributed by atoms with E-state index in [1.165, 1.54) is 5.56 Å². The molecule has 0 spiro atoms. The number of nitrogens with one attached hydrogen (secondary N) is 1. The van der Waals surface area contributed by atoms with Gasteiger partial charge in [-0.1, -0.05) is 31.2 Å². The van der Waals surface area contributed by atoms with Gasteiger partial charge < -0.3 is 15.3 Å². The molecule has 6 nitrogen and oxygen atoms in total. The summed E-state index contributed by atoms with van der Waals surface area (Å²) in [6.45, 7) is 3.99. The number of urea groups is 1. The molecule has 2 unspecified atom stereocenters. The summed E-state index contributed by atoms with van der Waals surface area (Å²) >= 11 is 0. The van der Waals surface area contributed by atoms with Crippen LogP contribution >= 0.6 is 0 Å². The van der Waals surface area contributed by atoms with Crippen molar-refractivity contribution < 1.29 is 9.90 Å². The summed E-state index contributed by atoms with van der Waals surface area (Å²) in [5, 5.41) is 17.0. The van der Waals surface area contributed by atoms with Gasteiger partial charge in [-0.25, -0.2) is 4.79 Å². The molecule has 3 rings (SSSR count). The van der Waals surface area contributed by atoms with Gasteiger partial charge in [0, 0.05) is 32.0 Å². The van der Waals surface area contributed by atoms with Gasteiger partial charge in [-0.3, -0.25) is 4.68 Å². The molecule has 1 aliphatic heterocycles. The van der Waals surface area contributed by atoms with Crippen LogP contribution in [0, 0.1) is 5.92 Å². The highest BCUT2D eigenvalue weighted by atomic mass is 16.3. The number of rotatable bonds is 5. The fraction of sp³-hybridized carbons (Fsp3) is 0.444. The van der Waals surface area contributed by atoms with E-state index in [9.17, 15) is 9.90 Å². The highest BCUT2D eigenvalue weighted by Crippen LogP contribution is 2.29. The van der Waals surface area contributed by atoms with Crippen LogP contribution in [-0.4, -0.2) is 45.5 Å². The summed E-state index contributed by atoms with van der Waals surface area (Å²) in [5.41, 5.74) is 2.26. The lowest BCUT2D eigenvalue weighted by Gasteiger charge is -2.36. The number of carbonyl (C=O) groups is 1. The minimum atomic E-state index is -0.267. The van der Waals surface area contributed by atoms with Gasteiger partial charge >= 0.3 is 6.03 Å². The molecule has 0 fully saturated rings. The van der Waals surface area contributed by atoms with E-state index in [4.69, 9.17) is 0 Å². The Kier molecular flexibility index (Phi) is 5.15. The fourth-order valence-corrected chi connectivity index (χ4v) is 3.25. The number of hydrogen-bond donors (Lipinski definition) is 2. The van der Waals surface area contributed by atoms with Crippen LogP contribution in [0.3, 0.4) is 0 Å². The van der Waals surface area contributed by atoms with E-state index in [1.54, 1.807) is 11.1 Å². The molecule has 128 valence electrons. The Morgan fingerprint density at radius 2 is 2.25 bits per heavy atom. The largest absolute Gasteiger partial charge is 0.394 e. The second-order valence-electron chi connectivity index (χ2n) is 6.36. The molecule has 6 heteroatoms. The van der Waals surface area contributed by atoms with Crippen LogP contribution < -0.4 is 5.32 Å². The molecular formula is C18H24N4O2. The van der Waals surface area contributed by atoms with Crippen molar-refractivity contribution in [2.45, 2.75) is 25.9 Å². The molecule has 1 aliphatic rings. The smallest absolute Gasteiger partial charge is 0.318 e.